The van der Waals surface area contributed by atoms with E-state index in [1.165, 1.54) is 33.7 Å². The number of amides is 2. The highest BCUT2D eigenvalue weighted by Crippen LogP contribution is 2.18. The molecule has 0 saturated heterocycles. The number of hydrogen-bond donors (Lipinski definition) is 2. The molecule has 164 valence electrons. The van der Waals surface area contributed by atoms with E-state index in [1.54, 1.807) is 11.4 Å². The predicted molar refractivity (Wildman–Crippen MR) is 122 cm³/mol. The Bertz CT molecular complexity index is 1190. The van der Waals surface area contributed by atoms with Gasteiger partial charge in [-0.25, -0.2) is 9.36 Å². The number of nitrogens with one attached hydrogen (secondary N) is 2. The number of aromatic nitrogens is 2. The van der Waals surface area contributed by atoms with E-state index in [-0.39, 0.29) is 25.0 Å². The minimum Gasteiger partial charge on any atom is -0.352 e. The molecule has 2 N–H and O–H groups in total. The van der Waals surface area contributed by atoms with Crippen LogP contribution in [0.1, 0.15) is 37.0 Å². The Morgan fingerprint density at radius 3 is 2.48 bits per heavy atom. The van der Waals surface area contributed by atoms with Gasteiger partial charge in [0.1, 0.15) is 17.8 Å². The van der Waals surface area contributed by atoms with Gasteiger partial charge < -0.3 is 10.6 Å². The van der Waals surface area contributed by atoms with Crippen molar-refractivity contribution in [1.82, 2.24) is 19.8 Å². The Labute approximate surface area is 186 Å². The molecule has 8 nitrogen and oxygen atoms in total. The zero-order valence-electron chi connectivity index (χ0n) is 17.0. The molecule has 10 heteroatoms. The van der Waals surface area contributed by atoms with E-state index in [2.05, 4.69) is 10.6 Å². The second kappa shape index (κ2) is 9.61. The summed E-state index contributed by atoms with van der Waals surface area (Å²) >= 11 is 2.71. The van der Waals surface area contributed by atoms with Gasteiger partial charge in [-0.05, 0) is 35.7 Å². The fraction of sp³-hybridized carbons (Fsp3) is 0.429. The average Bonchev–Trinajstić information content (AvgIpc) is 3.46. The maximum absolute atomic E-state index is 13.1. The molecule has 3 heterocycles. The van der Waals surface area contributed by atoms with Crippen LogP contribution in [0.15, 0.2) is 38.5 Å². The highest BCUT2D eigenvalue weighted by Gasteiger charge is 2.20. The Hall–Kier alpha value is -2.72. The summed E-state index contributed by atoms with van der Waals surface area (Å²) in [6, 6.07) is 5.58. The van der Waals surface area contributed by atoms with Crippen molar-refractivity contribution in [3.63, 3.8) is 0 Å². The molecule has 1 saturated carbocycles. The predicted octanol–water partition coefficient (Wildman–Crippen LogP) is 2.05. The Morgan fingerprint density at radius 2 is 1.74 bits per heavy atom. The van der Waals surface area contributed by atoms with Gasteiger partial charge in [0.15, 0.2) is 0 Å². The molecule has 0 radical (unpaired) electrons. The molecular weight excluding hydrogens is 436 g/mol. The van der Waals surface area contributed by atoms with E-state index in [1.807, 2.05) is 17.5 Å². The monoisotopic (exact) mass is 460 g/mol. The molecule has 31 heavy (non-hydrogen) atoms. The minimum absolute atomic E-state index is 0.129. The topological polar surface area (TPSA) is 102 Å². The summed E-state index contributed by atoms with van der Waals surface area (Å²) < 4.78 is 2.56. The number of nitrogens with zero attached hydrogens (tertiary/aromatic N) is 2. The van der Waals surface area contributed by atoms with Crippen LogP contribution in [0.5, 0.6) is 0 Å². The highest BCUT2D eigenvalue weighted by molar-refractivity contribution is 7.17. The van der Waals surface area contributed by atoms with E-state index in [0.29, 0.717) is 16.8 Å². The van der Waals surface area contributed by atoms with E-state index in [4.69, 9.17) is 0 Å². The van der Waals surface area contributed by atoms with Crippen LogP contribution in [0, 0.1) is 0 Å². The molecule has 1 fully saturated rings. The summed E-state index contributed by atoms with van der Waals surface area (Å²) in [4.78, 5) is 51.9. The molecule has 0 unspecified atom stereocenters. The standard InChI is InChI=1S/C21H24N4O4S2/c26-17(22-11-15-7-4-9-30-15)12-25-20(28)19-16(8-10-31-19)24(21(25)29)13-18(27)23-14-5-2-1-3-6-14/h4,7-10,14H,1-3,5-6,11-13H2,(H,22,26)(H,23,27). The van der Waals surface area contributed by atoms with Gasteiger partial charge in [0.05, 0.1) is 12.1 Å². The van der Waals surface area contributed by atoms with Crippen molar-refractivity contribution < 1.29 is 9.59 Å². The van der Waals surface area contributed by atoms with Gasteiger partial charge >= 0.3 is 5.69 Å². The average molecular weight is 461 g/mol. The lowest BCUT2D eigenvalue weighted by Crippen LogP contribution is -2.46. The number of fused-ring (bicyclic) bond motifs is 1. The summed E-state index contributed by atoms with van der Waals surface area (Å²) in [6.07, 6.45) is 5.24. The molecular formula is C21H24N4O4S2. The van der Waals surface area contributed by atoms with E-state index >= 15 is 0 Å². The lowest BCUT2D eigenvalue weighted by molar-refractivity contribution is -0.122. The number of hydrogen-bond acceptors (Lipinski definition) is 6. The van der Waals surface area contributed by atoms with Crippen LogP contribution in [0.3, 0.4) is 0 Å². The van der Waals surface area contributed by atoms with Crippen LogP contribution in [-0.2, 0) is 29.2 Å². The Kier molecular flexibility index (Phi) is 6.67. The molecule has 3 aromatic heterocycles. The maximum Gasteiger partial charge on any atom is 0.332 e. The number of rotatable bonds is 7. The molecule has 0 aromatic carbocycles. The molecule has 0 aliphatic heterocycles. The van der Waals surface area contributed by atoms with E-state index in [0.717, 1.165) is 35.1 Å². The summed E-state index contributed by atoms with van der Waals surface area (Å²) in [7, 11) is 0. The van der Waals surface area contributed by atoms with Crippen molar-refractivity contribution in [2.24, 2.45) is 0 Å². The van der Waals surface area contributed by atoms with Crippen LogP contribution < -0.4 is 21.9 Å². The summed E-state index contributed by atoms with van der Waals surface area (Å²) in [5, 5.41) is 9.35. The number of carbonyl (C=O) groups is 2. The van der Waals surface area contributed by atoms with Crippen LogP contribution in [0.4, 0.5) is 0 Å². The zero-order valence-corrected chi connectivity index (χ0v) is 18.6. The van der Waals surface area contributed by atoms with Gasteiger partial charge in [-0.1, -0.05) is 25.3 Å². The van der Waals surface area contributed by atoms with Crippen LogP contribution in [0.25, 0.3) is 10.2 Å². The van der Waals surface area contributed by atoms with Gasteiger partial charge in [0, 0.05) is 10.9 Å². The molecule has 0 bridgehead atoms. The maximum atomic E-state index is 13.1. The second-order valence-corrected chi connectivity index (χ2v) is 9.60. The first-order valence-electron chi connectivity index (χ1n) is 10.3. The van der Waals surface area contributed by atoms with Crippen molar-refractivity contribution in [3.8, 4) is 0 Å². The fourth-order valence-electron chi connectivity index (χ4n) is 3.89. The fourth-order valence-corrected chi connectivity index (χ4v) is 5.38. The Balaban J connectivity index is 1.55. The first-order valence-corrected chi connectivity index (χ1v) is 12.1. The van der Waals surface area contributed by atoms with Crippen molar-refractivity contribution in [1.29, 1.82) is 0 Å². The van der Waals surface area contributed by atoms with Gasteiger partial charge in [-0.2, -0.15) is 0 Å². The first kappa shape index (κ1) is 21.5. The minimum atomic E-state index is -0.652. The van der Waals surface area contributed by atoms with Gasteiger partial charge in [0.25, 0.3) is 5.56 Å². The lowest BCUT2D eigenvalue weighted by Gasteiger charge is -2.23. The summed E-state index contributed by atoms with van der Waals surface area (Å²) in [5.41, 5.74) is -0.736. The first-order chi connectivity index (χ1) is 15.0. The third-order valence-electron chi connectivity index (χ3n) is 5.45. The zero-order chi connectivity index (χ0) is 21.8. The third kappa shape index (κ3) is 4.96. The van der Waals surface area contributed by atoms with Gasteiger partial charge in [-0.3, -0.25) is 19.0 Å². The normalized spacial score (nSPS) is 14.6. The van der Waals surface area contributed by atoms with Gasteiger partial charge in [0.2, 0.25) is 11.8 Å². The van der Waals surface area contributed by atoms with Gasteiger partial charge in [-0.15, -0.1) is 22.7 Å². The Morgan fingerprint density at radius 1 is 0.968 bits per heavy atom. The van der Waals surface area contributed by atoms with E-state index < -0.39 is 17.2 Å². The second-order valence-electron chi connectivity index (χ2n) is 7.65. The van der Waals surface area contributed by atoms with Crippen molar-refractivity contribution in [2.75, 3.05) is 0 Å². The van der Waals surface area contributed by atoms with Crippen LogP contribution in [0.2, 0.25) is 0 Å². The number of thiophene rings is 2. The van der Waals surface area contributed by atoms with Crippen LogP contribution in [-0.4, -0.2) is 27.0 Å². The largest absolute Gasteiger partial charge is 0.352 e. The molecule has 0 spiro atoms. The molecule has 1 aliphatic rings. The summed E-state index contributed by atoms with van der Waals surface area (Å²) in [5.74, 6) is -0.685. The molecule has 0 atom stereocenters. The quantitative estimate of drug-likeness (QED) is 0.563. The van der Waals surface area contributed by atoms with Crippen molar-refractivity contribution in [2.45, 2.75) is 57.8 Å². The summed E-state index contributed by atoms with van der Waals surface area (Å²) in [6.45, 7) is -0.231. The van der Waals surface area contributed by atoms with Crippen molar-refractivity contribution >= 4 is 44.7 Å². The van der Waals surface area contributed by atoms with Crippen LogP contribution >= 0.6 is 22.7 Å². The molecule has 2 amide bonds. The van der Waals surface area contributed by atoms with E-state index in [9.17, 15) is 19.2 Å². The highest BCUT2D eigenvalue weighted by atomic mass is 32.1. The molecule has 1 aliphatic carbocycles. The lowest BCUT2D eigenvalue weighted by atomic mass is 9.95. The SMILES string of the molecule is O=C(Cn1c(=O)c2sccc2n(CC(=O)NC2CCCCC2)c1=O)NCc1cccs1. The smallest absolute Gasteiger partial charge is 0.332 e. The third-order valence-corrected chi connectivity index (χ3v) is 7.22. The van der Waals surface area contributed by atoms with Crippen molar-refractivity contribution in [3.05, 3.63) is 54.7 Å². The number of carbonyl (C=O) groups excluding carboxylic acids is 2. The molecule has 3 aromatic rings. The molecule has 4 rings (SSSR count).